The van der Waals surface area contributed by atoms with Crippen LogP contribution in [0.15, 0.2) is 53.8 Å². The van der Waals surface area contributed by atoms with E-state index in [9.17, 15) is 4.79 Å². The number of pyridine rings is 1. The molecule has 3 rings (SSSR count). The molecule has 3 aromatic rings. The first-order valence-corrected chi connectivity index (χ1v) is 10.6. The molecule has 2 heterocycles. The molecule has 0 atom stereocenters. The van der Waals surface area contributed by atoms with Gasteiger partial charge in [0.15, 0.2) is 11.0 Å². The van der Waals surface area contributed by atoms with E-state index in [0.29, 0.717) is 6.54 Å². The predicted molar refractivity (Wildman–Crippen MR) is 114 cm³/mol. The van der Waals surface area contributed by atoms with Gasteiger partial charge in [0.25, 0.3) is 0 Å². The van der Waals surface area contributed by atoms with Crippen molar-refractivity contribution in [2.24, 2.45) is 0 Å². The van der Waals surface area contributed by atoms with Crippen LogP contribution >= 0.6 is 11.8 Å². The molecule has 0 bridgehead atoms. The van der Waals surface area contributed by atoms with Crippen molar-refractivity contribution in [3.63, 3.8) is 0 Å². The van der Waals surface area contributed by atoms with Gasteiger partial charge in [-0.2, -0.15) is 0 Å². The molecule has 152 valence electrons. The van der Waals surface area contributed by atoms with Gasteiger partial charge < -0.3 is 14.6 Å². The highest BCUT2D eigenvalue weighted by atomic mass is 32.2. The average Bonchev–Trinajstić information content (AvgIpc) is 3.18. The van der Waals surface area contributed by atoms with E-state index in [1.54, 1.807) is 13.3 Å². The van der Waals surface area contributed by atoms with Crippen molar-refractivity contribution in [2.75, 3.05) is 12.9 Å². The number of carbonyl (C=O) groups excluding carboxylic acids is 1. The largest absolute Gasteiger partial charge is 0.497 e. The fourth-order valence-electron chi connectivity index (χ4n) is 2.74. The number of amides is 1. The lowest BCUT2D eigenvalue weighted by Crippen LogP contribution is -2.25. The number of thioether (sulfide) groups is 1. The summed E-state index contributed by atoms with van der Waals surface area (Å²) in [7, 11) is 1.65. The highest BCUT2D eigenvalue weighted by Gasteiger charge is 2.15. The Morgan fingerprint density at radius 2 is 2.00 bits per heavy atom. The number of nitrogens with zero attached hydrogens (tertiary/aromatic N) is 4. The Kier molecular flexibility index (Phi) is 7.63. The van der Waals surface area contributed by atoms with E-state index < -0.39 is 0 Å². The molecule has 1 N–H and O–H groups in total. The van der Waals surface area contributed by atoms with Gasteiger partial charge in [0.05, 0.1) is 25.1 Å². The summed E-state index contributed by atoms with van der Waals surface area (Å²) in [6.45, 7) is 3.37. The summed E-state index contributed by atoms with van der Waals surface area (Å²) in [5, 5.41) is 12.3. The van der Waals surface area contributed by atoms with Crippen LogP contribution in [-0.2, 0) is 17.9 Å². The van der Waals surface area contributed by atoms with Gasteiger partial charge in [-0.05, 0) is 42.8 Å². The van der Waals surface area contributed by atoms with Crippen molar-refractivity contribution in [3.8, 4) is 17.1 Å². The Hall–Kier alpha value is -2.87. The molecule has 1 amide bonds. The minimum atomic E-state index is -0.0586. The SMILES string of the molecule is CCCCn1c(SCC(=O)NCc2ccccn2)nnc1-c1ccc(OC)cc1. The normalized spacial score (nSPS) is 10.7. The predicted octanol–water partition coefficient (Wildman–Crippen LogP) is 3.56. The van der Waals surface area contributed by atoms with Gasteiger partial charge >= 0.3 is 0 Å². The number of benzene rings is 1. The topological polar surface area (TPSA) is 81.9 Å². The third-order valence-corrected chi connectivity index (χ3v) is 5.29. The maximum atomic E-state index is 12.2. The molecular weight excluding hydrogens is 386 g/mol. The van der Waals surface area contributed by atoms with Gasteiger partial charge in [-0.25, -0.2) is 0 Å². The van der Waals surface area contributed by atoms with E-state index in [1.807, 2.05) is 42.5 Å². The second-order valence-electron chi connectivity index (χ2n) is 6.43. The standard InChI is InChI=1S/C21H25N5O2S/c1-3-4-13-26-20(16-8-10-18(28-2)11-9-16)24-25-21(26)29-15-19(27)23-14-17-7-5-6-12-22-17/h5-12H,3-4,13-15H2,1-2H3,(H,23,27). The summed E-state index contributed by atoms with van der Waals surface area (Å²) in [6.07, 6.45) is 3.79. The molecule has 8 heteroatoms. The van der Waals surface area contributed by atoms with Gasteiger partial charge in [-0.1, -0.05) is 31.2 Å². The molecule has 1 aromatic carbocycles. The van der Waals surface area contributed by atoms with Crippen LogP contribution < -0.4 is 10.1 Å². The summed E-state index contributed by atoms with van der Waals surface area (Å²) in [5.41, 5.74) is 1.81. The number of ether oxygens (including phenoxy) is 1. The maximum Gasteiger partial charge on any atom is 0.230 e. The Balaban J connectivity index is 1.66. The van der Waals surface area contributed by atoms with Crippen LogP contribution in [0.25, 0.3) is 11.4 Å². The zero-order valence-corrected chi connectivity index (χ0v) is 17.5. The van der Waals surface area contributed by atoms with Crippen LogP contribution in [0, 0.1) is 0 Å². The smallest absolute Gasteiger partial charge is 0.230 e. The second-order valence-corrected chi connectivity index (χ2v) is 7.37. The quantitative estimate of drug-likeness (QED) is 0.514. The number of carbonyl (C=O) groups is 1. The third-order valence-electron chi connectivity index (χ3n) is 4.33. The Bertz CT molecular complexity index is 913. The molecule has 0 unspecified atom stereocenters. The molecule has 0 saturated heterocycles. The number of unbranched alkanes of at least 4 members (excludes halogenated alkanes) is 1. The number of aromatic nitrogens is 4. The van der Waals surface area contributed by atoms with Crippen LogP contribution in [0.1, 0.15) is 25.5 Å². The van der Waals surface area contributed by atoms with Crippen molar-refractivity contribution in [2.45, 2.75) is 38.0 Å². The van der Waals surface area contributed by atoms with E-state index >= 15 is 0 Å². The third kappa shape index (κ3) is 5.80. The number of hydrogen-bond acceptors (Lipinski definition) is 6. The van der Waals surface area contributed by atoms with Crippen LogP contribution in [0.2, 0.25) is 0 Å². The van der Waals surface area contributed by atoms with E-state index in [4.69, 9.17) is 4.74 Å². The molecule has 7 nitrogen and oxygen atoms in total. The van der Waals surface area contributed by atoms with E-state index in [-0.39, 0.29) is 11.7 Å². The lowest BCUT2D eigenvalue weighted by molar-refractivity contribution is -0.118. The van der Waals surface area contributed by atoms with Gasteiger partial charge in [0, 0.05) is 18.3 Å². The van der Waals surface area contributed by atoms with Crippen molar-refractivity contribution < 1.29 is 9.53 Å². The first kappa shape index (κ1) is 20.9. The molecule has 0 aliphatic rings. The zero-order chi connectivity index (χ0) is 20.5. The lowest BCUT2D eigenvalue weighted by atomic mass is 10.2. The van der Waals surface area contributed by atoms with E-state index in [0.717, 1.165) is 47.4 Å². The highest BCUT2D eigenvalue weighted by molar-refractivity contribution is 7.99. The summed E-state index contributed by atoms with van der Waals surface area (Å²) in [4.78, 5) is 16.4. The number of rotatable bonds is 10. The van der Waals surface area contributed by atoms with Gasteiger partial charge in [-0.15, -0.1) is 10.2 Å². The summed E-state index contributed by atoms with van der Waals surface area (Å²) in [6, 6.07) is 13.4. The van der Waals surface area contributed by atoms with Crippen LogP contribution in [0.5, 0.6) is 5.75 Å². The molecule has 2 aromatic heterocycles. The number of hydrogen-bond donors (Lipinski definition) is 1. The molecule has 0 aliphatic heterocycles. The summed E-state index contributed by atoms with van der Waals surface area (Å²) in [5.74, 6) is 1.82. The Morgan fingerprint density at radius 1 is 1.17 bits per heavy atom. The molecular formula is C21H25N5O2S. The van der Waals surface area contributed by atoms with Crippen molar-refractivity contribution in [3.05, 3.63) is 54.4 Å². The first-order valence-electron chi connectivity index (χ1n) is 9.58. The molecule has 0 fully saturated rings. The summed E-state index contributed by atoms with van der Waals surface area (Å²) < 4.78 is 7.31. The Morgan fingerprint density at radius 3 is 2.69 bits per heavy atom. The Labute approximate surface area is 174 Å². The highest BCUT2D eigenvalue weighted by Crippen LogP contribution is 2.26. The minimum Gasteiger partial charge on any atom is -0.497 e. The summed E-state index contributed by atoms with van der Waals surface area (Å²) >= 11 is 1.40. The van der Waals surface area contributed by atoms with Gasteiger partial charge in [0.1, 0.15) is 5.75 Å². The van der Waals surface area contributed by atoms with E-state index in [1.165, 1.54) is 11.8 Å². The van der Waals surface area contributed by atoms with Crippen LogP contribution in [0.3, 0.4) is 0 Å². The maximum absolute atomic E-state index is 12.2. The minimum absolute atomic E-state index is 0.0586. The number of nitrogens with one attached hydrogen (secondary N) is 1. The molecule has 0 radical (unpaired) electrons. The lowest BCUT2D eigenvalue weighted by Gasteiger charge is -2.10. The zero-order valence-electron chi connectivity index (χ0n) is 16.7. The van der Waals surface area contributed by atoms with E-state index in [2.05, 4.69) is 32.0 Å². The van der Waals surface area contributed by atoms with Crippen molar-refractivity contribution in [1.29, 1.82) is 0 Å². The van der Waals surface area contributed by atoms with Gasteiger partial charge in [0.2, 0.25) is 5.91 Å². The van der Waals surface area contributed by atoms with Crippen molar-refractivity contribution in [1.82, 2.24) is 25.1 Å². The second kappa shape index (κ2) is 10.6. The van der Waals surface area contributed by atoms with Crippen LogP contribution in [-0.4, -0.2) is 38.5 Å². The molecule has 0 spiro atoms. The molecule has 29 heavy (non-hydrogen) atoms. The average molecular weight is 412 g/mol. The first-order chi connectivity index (χ1) is 14.2. The van der Waals surface area contributed by atoms with Crippen LogP contribution in [0.4, 0.5) is 0 Å². The van der Waals surface area contributed by atoms with Gasteiger partial charge in [-0.3, -0.25) is 9.78 Å². The molecule has 0 saturated carbocycles. The molecule has 0 aliphatic carbocycles. The fourth-order valence-corrected chi connectivity index (χ4v) is 3.53. The number of methoxy groups -OCH3 is 1. The monoisotopic (exact) mass is 411 g/mol. The fraction of sp³-hybridized carbons (Fsp3) is 0.333. The van der Waals surface area contributed by atoms with Crippen molar-refractivity contribution >= 4 is 17.7 Å².